The van der Waals surface area contributed by atoms with Gasteiger partial charge in [-0.2, -0.15) is 12.6 Å². The van der Waals surface area contributed by atoms with Crippen LogP contribution in [0.4, 0.5) is 0 Å². The van der Waals surface area contributed by atoms with Crippen molar-refractivity contribution in [1.82, 2.24) is 21.3 Å². The van der Waals surface area contributed by atoms with Crippen molar-refractivity contribution in [3.05, 3.63) is 6.92 Å². The first kappa shape index (κ1) is 34.4. The summed E-state index contributed by atoms with van der Waals surface area (Å²) in [6.07, 6.45) is 0. The summed E-state index contributed by atoms with van der Waals surface area (Å²) < 4.78 is 0. The van der Waals surface area contributed by atoms with Crippen LogP contribution >= 0.6 is 24.4 Å². The molecule has 0 aliphatic heterocycles. The summed E-state index contributed by atoms with van der Waals surface area (Å²) in [7, 11) is 6.63. The topological polar surface area (TPSA) is 116 Å². The molecule has 0 saturated carbocycles. The van der Waals surface area contributed by atoms with Gasteiger partial charge in [0.25, 0.3) is 0 Å². The van der Waals surface area contributed by atoms with E-state index in [2.05, 4.69) is 40.8 Å². The summed E-state index contributed by atoms with van der Waals surface area (Å²) in [6.45, 7) is 6.10. The van der Waals surface area contributed by atoms with Crippen molar-refractivity contribution in [2.75, 3.05) is 45.4 Å². The number of carbonyl (C=O) groups excluding carboxylic acids is 4. The van der Waals surface area contributed by atoms with Crippen LogP contribution in [0.25, 0.3) is 0 Å². The fraction of sp³-hybridized carbons (Fsp3) is 0.688. The maximum Gasteiger partial charge on any atom is 0.229 e. The van der Waals surface area contributed by atoms with Crippen LogP contribution < -0.4 is 21.3 Å². The molecule has 0 aromatic rings. The van der Waals surface area contributed by atoms with Crippen molar-refractivity contribution in [2.24, 2.45) is 0 Å². The second-order valence-electron chi connectivity index (χ2n) is 4.95. The van der Waals surface area contributed by atoms with Crippen molar-refractivity contribution < 1.29 is 51.9 Å². The van der Waals surface area contributed by atoms with Gasteiger partial charge in [0.15, 0.2) is 0 Å². The largest absolute Gasteiger partial charge is 0.384 e. The minimum Gasteiger partial charge on any atom is -0.384 e. The minimum atomic E-state index is -0.245. The van der Waals surface area contributed by atoms with Gasteiger partial charge in [-0.1, -0.05) is 0 Å². The Bertz CT molecular complexity index is 425. The third-order valence-electron chi connectivity index (χ3n) is 2.94. The summed E-state index contributed by atoms with van der Waals surface area (Å²) in [4.78, 5) is 41.8. The van der Waals surface area contributed by atoms with Crippen LogP contribution in [-0.4, -0.2) is 80.9 Å². The van der Waals surface area contributed by atoms with Crippen LogP contribution in [0.3, 0.4) is 0 Å². The molecule has 2 unspecified atom stereocenters. The SMILES string of the molecule is CNC(=O)CSCC(NC)C(C)=O.CNC(CS)C(C)=O.[CH2-]C(=O)NC.[Y]. The summed E-state index contributed by atoms with van der Waals surface area (Å²) in [5, 5.41) is 10.5. The van der Waals surface area contributed by atoms with Crippen LogP contribution in [0, 0.1) is 6.92 Å². The molecule has 0 heterocycles. The number of carbonyl (C=O) groups is 4. The smallest absolute Gasteiger partial charge is 0.229 e. The van der Waals surface area contributed by atoms with E-state index in [0.717, 1.165) is 0 Å². The van der Waals surface area contributed by atoms with E-state index in [1.54, 1.807) is 35.0 Å². The molecule has 1 radical (unpaired) electrons. The molecule has 2 amide bonds. The number of nitrogens with one attached hydrogen (secondary N) is 4. The van der Waals surface area contributed by atoms with E-state index in [0.29, 0.717) is 17.3 Å². The summed E-state index contributed by atoms with van der Waals surface area (Å²) >= 11 is 5.40. The molecule has 157 valence electrons. The van der Waals surface area contributed by atoms with E-state index in [9.17, 15) is 19.2 Å². The molecule has 27 heavy (non-hydrogen) atoms. The predicted octanol–water partition coefficient (Wildman–Crippen LogP) is -0.700. The van der Waals surface area contributed by atoms with Gasteiger partial charge in [-0.05, 0) is 27.9 Å². The Morgan fingerprint density at radius 1 is 0.926 bits per heavy atom. The number of Topliss-reactive ketones (excluding diaryl/α,β-unsaturated/α-hetero) is 2. The molecule has 11 heteroatoms. The van der Waals surface area contributed by atoms with Crippen LogP contribution in [-0.2, 0) is 51.9 Å². The monoisotopic (exact) mass is 498 g/mol. The summed E-state index contributed by atoms with van der Waals surface area (Å²) in [6, 6.07) is -0.215. The average molecular weight is 499 g/mol. The first-order chi connectivity index (χ1) is 12.1. The minimum absolute atomic E-state index is 0. The molecule has 2 atom stereocenters. The standard InChI is InChI=1S/C8H16N2O2S.C5H11NOS.C3H6NO.Y/c1-6(11)7(9-2)4-13-5-8(12)10-3;1-4(7)5(3-8)6-2;1-3(5)4-2;/h7,9H,4-5H2,1-3H3,(H,10,12);5-6,8H,3H2,1-2H3;1H2,2H3,(H,4,5);/q;;-1;. The molecule has 0 aromatic heterocycles. The zero-order chi connectivity index (χ0) is 21.1. The van der Waals surface area contributed by atoms with Crippen molar-refractivity contribution in [1.29, 1.82) is 0 Å². The van der Waals surface area contributed by atoms with Gasteiger partial charge in [0, 0.05) is 58.3 Å². The molecule has 8 nitrogen and oxygen atoms in total. The number of ketones is 2. The Hall–Kier alpha value is -0.126. The number of rotatable bonds is 9. The first-order valence-electron chi connectivity index (χ1n) is 7.89. The maximum atomic E-state index is 10.9. The zero-order valence-corrected chi connectivity index (χ0v) is 21.6. The molecular formula is C16H33N4O4S2Y-. The Morgan fingerprint density at radius 3 is 1.52 bits per heavy atom. The first-order valence-corrected chi connectivity index (χ1v) is 9.68. The van der Waals surface area contributed by atoms with E-state index in [-0.39, 0.29) is 68.2 Å². The Balaban J connectivity index is -0.000000162. The molecule has 0 aliphatic carbocycles. The van der Waals surface area contributed by atoms with E-state index >= 15 is 0 Å². The molecule has 0 fully saturated rings. The fourth-order valence-corrected chi connectivity index (χ4v) is 2.69. The van der Waals surface area contributed by atoms with Gasteiger partial charge in [0.2, 0.25) is 5.91 Å². The number of thioether (sulfide) groups is 1. The van der Waals surface area contributed by atoms with Gasteiger partial charge in [0.1, 0.15) is 11.6 Å². The van der Waals surface area contributed by atoms with Crippen LogP contribution in [0.1, 0.15) is 13.8 Å². The van der Waals surface area contributed by atoms with Crippen molar-refractivity contribution in [2.45, 2.75) is 25.9 Å². The Kier molecular flexibility index (Phi) is 30.5. The van der Waals surface area contributed by atoms with E-state index in [4.69, 9.17) is 0 Å². The fourth-order valence-electron chi connectivity index (χ4n) is 1.17. The van der Waals surface area contributed by atoms with Crippen molar-refractivity contribution in [3.8, 4) is 0 Å². The van der Waals surface area contributed by atoms with Gasteiger partial charge < -0.3 is 33.0 Å². The number of likely N-dealkylation sites (N-methyl/N-ethyl adjacent to an activating group) is 2. The molecule has 0 bridgehead atoms. The van der Waals surface area contributed by atoms with Gasteiger partial charge >= 0.3 is 0 Å². The quantitative estimate of drug-likeness (QED) is 0.211. The third-order valence-corrected chi connectivity index (χ3v) is 4.34. The Labute approximate surface area is 198 Å². The van der Waals surface area contributed by atoms with Crippen molar-refractivity contribution >= 4 is 47.8 Å². The summed E-state index contributed by atoms with van der Waals surface area (Å²) in [5.41, 5.74) is 0. The summed E-state index contributed by atoms with van der Waals surface area (Å²) in [5.74, 6) is 1.61. The van der Waals surface area contributed by atoms with Gasteiger partial charge in [-0.25, -0.2) is 0 Å². The number of amides is 2. The maximum absolute atomic E-state index is 10.9. The molecule has 0 spiro atoms. The van der Waals surface area contributed by atoms with Crippen molar-refractivity contribution in [3.63, 3.8) is 0 Å². The van der Waals surface area contributed by atoms with Crippen LogP contribution in [0.2, 0.25) is 0 Å². The van der Waals surface area contributed by atoms with E-state index < -0.39 is 0 Å². The molecule has 4 N–H and O–H groups in total. The second-order valence-corrected chi connectivity index (χ2v) is 6.34. The van der Waals surface area contributed by atoms with Gasteiger partial charge in [-0.15, -0.1) is 11.8 Å². The normalized spacial score (nSPS) is 11.1. The van der Waals surface area contributed by atoms with E-state index in [1.807, 2.05) is 0 Å². The predicted molar refractivity (Wildman–Crippen MR) is 112 cm³/mol. The number of hydrogen-bond donors (Lipinski definition) is 5. The van der Waals surface area contributed by atoms with Crippen LogP contribution in [0.5, 0.6) is 0 Å². The van der Waals surface area contributed by atoms with E-state index in [1.165, 1.54) is 18.8 Å². The number of thiol groups is 1. The third kappa shape index (κ3) is 25.9. The zero-order valence-electron chi connectivity index (χ0n) is 17.0. The molecule has 0 aliphatic rings. The molecular weight excluding hydrogens is 465 g/mol. The van der Waals surface area contributed by atoms with Crippen LogP contribution in [0.15, 0.2) is 0 Å². The molecule has 0 rings (SSSR count). The Morgan fingerprint density at radius 2 is 1.33 bits per heavy atom. The molecule has 0 saturated heterocycles. The van der Waals surface area contributed by atoms with Gasteiger partial charge in [0.05, 0.1) is 23.7 Å². The van der Waals surface area contributed by atoms with Gasteiger partial charge in [-0.3, -0.25) is 14.4 Å². The average Bonchev–Trinajstić information content (AvgIpc) is 2.59. The number of hydrogen-bond acceptors (Lipinski definition) is 8. The molecule has 0 aromatic carbocycles. The second kappa shape index (κ2) is 23.9.